The Labute approximate surface area is 196 Å². The maximum atomic E-state index is 12.8. The minimum absolute atomic E-state index is 0.127. The van der Waals surface area contributed by atoms with Crippen LogP contribution < -0.4 is 10.2 Å². The van der Waals surface area contributed by atoms with Crippen LogP contribution in [0.3, 0.4) is 0 Å². The van der Waals surface area contributed by atoms with Crippen LogP contribution >= 0.6 is 0 Å². The van der Waals surface area contributed by atoms with E-state index in [1.165, 1.54) is 0 Å². The lowest BCUT2D eigenvalue weighted by atomic mass is 9.98. The van der Waals surface area contributed by atoms with Gasteiger partial charge in [-0.25, -0.2) is 9.97 Å². The second-order valence-electron chi connectivity index (χ2n) is 9.28. The maximum Gasteiger partial charge on any atom is 0.237 e. The number of nitrogens with zero attached hydrogens (tertiary/aromatic N) is 6. The summed E-state index contributed by atoms with van der Waals surface area (Å²) in [5.41, 5.74) is 1.00. The Balaban J connectivity index is 1.38. The van der Waals surface area contributed by atoms with Crippen molar-refractivity contribution in [3.63, 3.8) is 0 Å². The molecule has 33 heavy (non-hydrogen) atoms. The summed E-state index contributed by atoms with van der Waals surface area (Å²) in [4.78, 5) is 31.2. The van der Waals surface area contributed by atoms with Gasteiger partial charge < -0.3 is 15.0 Å². The molecule has 1 N–H and O–H groups in total. The van der Waals surface area contributed by atoms with Gasteiger partial charge in [0.15, 0.2) is 0 Å². The van der Waals surface area contributed by atoms with E-state index in [1.54, 1.807) is 12.5 Å². The first-order chi connectivity index (χ1) is 16.1. The fraction of sp³-hybridized carbons (Fsp3) is 0.667. The summed E-state index contributed by atoms with van der Waals surface area (Å²) in [5, 5.41) is 3.14. The van der Waals surface area contributed by atoms with Gasteiger partial charge in [-0.2, -0.15) is 4.98 Å². The number of carbonyl (C=O) groups excluding carboxylic acids is 1. The van der Waals surface area contributed by atoms with Crippen molar-refractivity contribution in [1.82, 2.24) is 29.7 Å². The molecule has 2 fully saturated rings. The molecule has 1 unspecified atom stereocenters. The number of morpholine rings is 1. The lowest BCUT2D eigenvalue weighted by Gasteiger charge is -2.36. The topological polar surface area (TPSA) is 88.4 Å². The molecule has 9 nitrogen and oxygen atoms in total. The van der Waals surface area contributed by atoms with Crippen molar-refractivity contribution < 1.29 is 9.53 Å². The minimum atomic E-state index is 0.127. The van der Waals surface area contributed by atoms with Gasteiger partial charge in [0, 0.05) is 57.1 Å². The molecule has 4 heterocycles. The second-order valence-corrected chi connectivity index (χ2v) is 9.28. The lowest BCUT2D eigenvalue weighted by Crippen LogP contribution is -2.44. The molecule has 0 bridgehead atoms. The van der Waals surface area contributed by atoms with Gasteiger partial charge in [-0.3, -0.25) is 14.3 Å². The Kier molecular flexibility index (Phi) is 8.28. The summed E-state index contributed by atoms with van der Waals surface area (Å²) >= 11 is 0. The summed E-state index contributed by atoms with van der Waals surface area (Å²) in [6, 6.07) is 2.24. The third kappa shape index (κ3) is 6.51. The van der Waals surface area contributed by atoms with E-state index in [2.05, 4.69) is 40.0 Å². The van der Waals surface area contributed by atoms with E-state index in [0.717, 1.165) is 83.1 Å². The van der Waals surface area contributed by atoms with E-state index in [0.29, 0.717) is 12.4 Å². The number of imidazole rings is 1. The molecule has 2 aliphatic rings. The number of hydrogen-bond acceptors (Lipinski definition) is 7. The van der Waals surface area contributed by atoms with Gasteiger partial charge in [-0.1, -0.05) is 13.8 Å². The Morgan fingerprint density at radius 1 is 1.21 bits per heavy atom. The molecule has 1 atom stereocenters. The molecule has 2 aliphatic heterocycles. The van der Waals surface area contributed by atoms with Crippen molar-refractivity contribution in [2.24, 2.45) is 0 Å². The maximum absolute atomic E-state index is 12.8. The van der Waals surface area contributed by atoms with E-state index in [-0.39, 0.29) is 17.9 Å². The van der Waals surface area contributed by atoms with E-state index in [9.17, 15) is 4.79 Å². The van der Waals surface area contributed by atoms with Gasteiger partial charge in [-0.15, -0.1) is 0 Å². The third-order valence-electron chi connectivity index (χ3n) is 6.47. The first-order valence-corrected chi connectivity index (χ1v) is 12.3. The Hall–Kier alpha value is -2.52. The van der Waals surface area contributed by atoms with E-state index >= 15 is 0 Å². The van der Waals surface area contributed by atoms with E-state index < -0.39 is 0 Å². The SMILES string of the molecule is CC(C)c1cc(N2CCCCC2CC(=O)NCCCN2CCOCC2)nc(-n2ccnc2)n1. The largest absolute Gasteiger partial charge is 0.379 e. The zero-order chi connectivity index (χ0) is 23.0. The highest BCUT2D eigenvalue weighted by molar-refractivity contribution is 5.77. The zero-order valence-electron chi connectivity index (χ0n) is 19.9. The number of carbonyl (C=O) groups is 1. The molecule has 180 valence electrons. The molecule has 4 rings (SSSR count). The number of nitrogens with one attached hydrogen (secondary N) is 1. The predicted molar refractivity (Wildman–Crippen MR) is 128 cm³/mol. The van der Waals surface area contributed by atoms with Gasteiger partial charge >= 0.3 is 0 Å². The summed E-state index contributed by atoms with van der Waals surface area (Å²) in [7, 11) is 0. The first-order valence-electron chi connectivity index (χ1n) is 12.3. The van der Waals surface area contributed by atoms with Crippen LogP contribution in [0, 0.1) is 0 Å². The summed E-state index contributed by atoms with van der Waals surface area (Å²) in [6.07, 6.45) is 10.0. The standard InChI is InChI=1S/C24H37N7O2/c1-19(2)21-17-22(28-24(27-21)30-11-8-25-18-30)31-10-4-3-6-20(31)16-23(32)26-7-5-9-29-12-14-33-15-13-29/h8,11,17-20H,3-7,9-10,12-16H2,1-2H3,(H,26,32). The summed E-state index contributed by atoms with van der Waals surface area (Å²) in [6.45, 7) is 10.5. The molecule has 0 aliphatic carbocycles. The quantitative estimate of drug-likeness (QED) is 0.581. The molecule has 2 saturated heterocycles. The van der Waals surface area contributed by atoms with Gasteiger partial charge in [0.2, 0.25) is 11.9 Å². The van der Waals surface area contributed by atoms with Crippen LogP contribution in [0.25, 0.3) is 5.95 Å². The molecule has 9 heteroatoms. The molecule has 1 amide bonds. The monoisotopic (exact) mass is 455 g/mol. The Morgan fingerprint density at radius 3 is 2.82 bits per heavy atom. The number of ether oxygens (including phenoxy) is 1. The molecular weight excluding hydrogens is 418 g/mol. The highest BCUT2D eigenvalue weighted by Crippen LogP contribution is 2.28. The van der Waals surface area contributed by atoms with E-state index in [1.807, 2.05) is 10.8 Å². The number of rotatable bonds is 9. The van der Waals surface area contributed by atoms with Gasteiger partial charge in [0.1, 0.15) is 12.1 Å². The normalized spacial score (nSPS) is 19.7. The smallest absolute Gasteiger partial charge is 0.237 e. The molecule has 0 saturated carbocycles. The van der Waals surface area contributed by atoms with Crippen LogP contribution in [0.2, 0.25) is 0 Å². The van der Waals surface area contributed by atoms with Crippen LogP contribution in [0.4, 0.5) is 5.82 Å². The summed E-state index contributed by atoms with van der Waals surface area (Å²) < 4.78 is 7.24. The first kappa shape index (κ1) is 23.6. The third-order valence-corrected chi connectivity index (χ3v) is 6.47. The van der Waals surface area contributed by atoms with Crippen molar-refractivity contribution in [3.05, 3.63) is 30.5 Å². The fourth-order valence-corrected chi connectivity index (χ4v) is 4.53. The van der Waals surface area contributed by atoms with Crippen LogP contribution in [-0.2, 0) is 9.53 Å². The lowest BCUT2D eigenvalue weighted by molar-refractivity contribution is -0.121. The minimum Gasteiger partial charge on any atom is -0.379 e. The highest BCUT2D eigenvalue weighted by Gasteiger charge is 2.27. The van der Waals surface area contributed by atoms with Crippen molar-refractivity contribution in [3.8, 4) is 5.95 Å². The average Bonchev–Trinajstić information content (AvgIpc) is 3.38. The average molecular weight is 456 g/mol. The van der Waals surface area contributed by atoms with Gasteiger partial charge in [-0.05, 0) is 38.1 Å². The van der Waals surface area contributed by atoms with Crippen molar-refractivity contribution in [2.45, 2.75) is 57.9 Å². The van der Waals surface area contributed by atoms with Crippen molar-refractivity contribution >= 4 is 11.7 Å². The molecule has 0 radical (unpaired) electrons. The van der Waals surface area contributed by atoms with Crippen LogP contribution in [-0.4, -0.2) is 82.3 Å². The summed E-state index contributed by atoms with van der Waals surface area (Å²) in [5.74, 6) is 1.95. The van der Waals surface area contributed by atoms with Crippen LogP contribution in [0.1, 0.15) is 57.6 Å². The fourth-order valence-electron chi connectivity index (χ4n) is 4.53. The molecule has 2 aromatic heterocycles. The Morgan fingerprint density at radius 2 is 2.06 bits per heavy atom. The van der Waals surface area contributed by atoms with Gasteiger partial charge in [0.25, 0.3) is 0 Å². The number of hydrogen-bond donors (Lipinski definition) is 1. The predicted octanol–water partition coefficient (Wildman–Crippen LogP) is 2.37. The van der Waals surface area contributed by atoms with Gasteiger partial charge in [0.05, 0.1) is 18.9 Å². The number of anilines is 1. The number of aromatic nitrogens is 4. The van der Waals surface area contributed by atoms with E-state index in [4.69, 9.17) is 14.7 Å². The number of amides is 1. The zero-order valence-corrected chi connectivity index (χ0v) is 19.9. The van der Waals surface area contributed by atoms with Crippen molar-refractivity contribution in [1.29, 1.82) is 0 Å². The molecular formula is C24H37N7O2. The van der Waals surface area contributed by atoms with Crippen LogP contribution in [0.5, 0.6) is 0 Å². The highest BCUT2D eigenvalue weighted by atomic mass is 16.5. The second kappa shape index (κ2) is 11.6. The Bertz CT molecular complexity index is 881. The molecule has 2 aromatic rings. The van der Waals surface area contributed by atoms with Crippen molar-refractivity contribution in [2.75, 3.05) is 50.8 Å². The molecule has 0 spiro atoms. The number of piperidine rings is 1. The van der Waals surface area contributed by atoms with Crippen LogP contribution in [0.15, 0.2) is 24.8 Å². The molecule has 0 aromatic carbocycles.